The van der Waals surface area contributed by atoms with Gasteiger partial charge in [-0.1, -0.05) is 36.0 Å². The topological polar surface area (TPSA) is 45.2 Å². The zero-order valence-corrected chi connectivity index (χ0v) is 15.9. The number of aromatic nitrogens is 1. The van der Waals surface area contributed by atoms with Crippen molar-refractivity contribution in [1.82, 2.24) is 15.2 Å². The highest BCUT2D eigenvalue weighted by Crippen LogP contribution is 2.25. The van der Waals surface area contributed by atoms with E-state index in [9.17, 15) is 4.79 Å². The van der Waals surface area contributed by atoms with E-state index in [2.05, 4.69) is 41.2 Å². The van der Waals surface area contributed by atoms with Crippen LogP contribution in [-0.4, -0.2) is 47.2 Å². The van der Waals surface area contributed by atoms with Gasteiger partial charge in [0.15, 0.2) is 0 Å². The van der Waals surface area contributed by atoms with Crippen LogP contribution in [0.15, 0.2) is 41.6 Å². The van der Waals surface area contributed by atoms with E-state index >= 15 is 0 Å². The van der Waals surface area contributed by atoms with Crippen LogP contribution >= 0.6 is 11.8 Å². The minimum absolute atomic E-state index is 0.0985. The molecule has 0 bridgehead atoms. The van der Waals surface area contributed by atoms with E-state index in [-0.39, 0.29) is 5.91 Å². The Morgan fingerprint density at radius 2 is 2.20 bits per heavy atom. The van der Waals surface area contributed by atoms with Crippen molar-refractivity contribution < 1.29 is 4.79 Å². The zero-order chi connectivity index (χ0) is 17.6. The standard InChI is InChI=1S/C20H27N3OS/c1-15(2)23-11-5-6-16(13-23)12-22-19(24)14-25-20-18-8-4-3-7-17(18)9-10-21-20/h3-4,7-10,15-16H,5-6,11-14H2,1-2H3,(H,22,24). The van der Waals surface area contributed by atoms with Gasteiger partial charge < -0.3 is 10.2 Å². The summed E-state index contributed by atoms with van der Waals surface area (Å²) in [5.74, 6) is 1.09. The number of carbonyl (C=O) groups excluding carboxylic acids is 1. The maximum Gasteiger partial charge on any atom is 0.230 e. The van der Waals surface area contributed by atoms with Crippen LogP contribution in [0, 0.1) is 5.92 Å². The monoisotopic (exact) mass is 357 g/mol. The molecule has 5 heteroatoms. The van der Waals surface area contributed by atoms with E-state index < -0.39 is 0 Å². The van der Waals surface area contributed by atoms with Crippen LogP contribution in [0.4, 0.5) is 0 Å². The first-order valence-electron chi connectivity index (χ1n) is 9.11. The van der Waals surface area contributed by atoms with Gasteiger partial charge in [0.25, 0.3) is 0 Å². The third-order valence-corrected chi connectivity index (χ3v) is 5.85. The fourth-order valence-corrected chi connectivity index (χ4v) is 4.23. The number of rotatable bonds is 6. The molecule has 1 atom stereocenters. The van der Waals surface area contributed by atoms with E-state index in [0.29, 0.717) is 17.7 Å². The number of hydrogen-bond donors (Lipinski definition) is 1. The Balaban J connectivity index is 1.48. The van der Waals surface area contributed by atoms with Gasteiger partial charge in [0.1, 0.15) is 5.03 Å². The lowest BCUT2D eigenvalue weighted by Crippen LogP contribution is -2.44. The van der Waals surface area contributed by atoms with Crippen LogP contribution in [0.1, 0.15) is 26.7 Å². The van der Waals surface area contributed by atoms with Gasteiger partial charge in [-0.3, -0.25) is 4.79 Å². The Labute approximate surface area is 154 Å². The third kappa shape index (κ3) is 4.95. The summed E-state index contributed by atoms with van der Waals surface area (Å²) in [5.41, 5.74) is 0. The van der Waals surface area contributed by atoms with Gasteiger partial charge in [-0.25, -0.2) is 4.98 Å². The van der Waals surface area contributed by atoms with Crippen molar-refractivity contribution in [3.63, 3.8) is 0 Å². The molecular weight excluding hydrogens is 330 g/mol. The second-order valence-electron chi connectivity index (χ2n) is 7.03. The molecule has 0 radical (unpaired) electrons. The maximum atomic E-state index is 12.2. The van der Waals surface area contributed by atoms with E-state index in [4.69, 9.17) is 0 Å². The lowest BCUT2D eigenvalue weighted by atomic mass is 9.97. The number of hydrogen-bond acceptors (Lipinski definition) is 4. The summed E-state index contributed by atoms with van der Waals surface area (Å²) in [6.07, 6.45) is 4.25. The lowest BCUT2D eigenvalue weighted by molar-refractivity contribution is -0.118. The van der Waals surface area contributed by atoms with Crippen molar-refractivity contribution in [2.75, 3.05) is 25.4 Å². The quantitative estimate of drug-likeness (QED) is 0.803. The summed E-state index contributed by atoms with van der Waals surface area (Å²) in [6, 6.07) is 10.8. The summed E-state index contributed by atoms with van der Waals surface area (Å²) in [6.45, 7) is 7.55. The molecule has 1 N–H and O–H groups in total. The molecule has 1 aromatic heterocycles. The molecule has 3 rings (SSSR count). The second-order valence-corrected chi connectivity index (χ2v) is 7.99. The van der Waals surface area contributed by atoms with Crippen molar-refractivity contribution in [3.05, 3.63) is 36.5 Å². The highest BCUT2D eigenvalue weighted by molar-refractivity contribution is 8.00. The van der Waals surface area contributed by atoms with Gasteiger partial charge in [0.05, 0.1) is 5.75 Å². The predicted molar refractivity (Wildman–Crippen MR) is 105 cm³/mol. The molecule has 1 aliphatic rings. The number of piperidine rings is 1. The second kappa shape index (κ2) is 8.68. The number of pyridine rings is 1. The van der Waals surface area contributed by atoms with Crippen molar-refractivity contribution >= 4 is 28.4 Å². The molecule has 1 amide bonds. The smallest absolute Gasteiger partial charge is 0.230 e. The number of carbonyl (C=O) groups is 1. The highest BCUT2D eigenvalue weighted by Gasteiger charge is 2.21. The number of likely N-dealkylation sites (tertiary alicyclic amines) is 1. The third-order valence-electron chi connectivity index (χ3n) is 4.85. The maximum absolute atomic E-state index is 12.2. The predicted octanol–water partition coefficient (Wildman–Crippen LogP) is 3.56. The Morgan fingerprint density at radius 3 is 3.04 bits per heavy atom. The Bertz CT molecular complexity index is 714. The zero-order valence-electron chi connectivity index (χ0n) is 15.1. The first-order valence-corrected chi connectivity index (χ1v) is 10.1. The summed E-state index contributed by atoms with van der Waals surface area (Å²) in [7, 11) is 0. The summed E-state index contributed by atoms with van der Waals surface area (Å²) in [4.78, 5) is 19.2. The first kappa shape index (κ1) is 18.2. The van der Waals surface area contributed by atoms with Gasteiger partial charge >= 0.3 is 0 Å². The van der Waals surface area contributed by atoms with Crippen LogP contribution in [0.3, 0.4) is 0 Å². The molecule has 134 valence electrons. The van der Waals surface area contributed by atoms with Gasteiger partial charge in [0.2, 0.25) is 5.91 Å². The van der Waals surface area contributed by atoms with Crippen LogP contribution in [0.5, 0.6) is 0 Å². The van der Waals surface area contributed by atoms with Gasteiger partial charge in [-0.05, 0) is 50.6 Å². The fraction of sp³-hybridized carbons (Fsp3) is 0.500. The van der Waals surface area contributed by atoms with Crippen molar-refractivity contribution in [1.29, 1.82) is 0 Å². The molecule has 0 saturated carbocycles. The highest BCUT2D eigenvalue weighted by atomic mass is 32.2. The number of fused-ring (bicyclic) bond motifs is 1. The lowest BCUT2D eigenvalue weighted by Gasteiger charge is -2.35. The molecule has 2 heterocycles. The van der Waals surface area contributed by atoms with Crippen molar-refractivity contribution in [3.8, 4) is 0 Å². The molecule has 1 saturated heterocycles. The molecule has 1 aliphatic heterocycles. The average molecular weight is 358 g/mol. The number of thioether (sulfide) groups is 1. The largest absolute Gasteiger partial charge is 0.355 e. The molecule has 25 heavy (non-hydrogen) atoms. The van der Waals surface area contributed by atoms with E-state index in [1.54, 1.807) is 0 Å². The Hall–Kier alpha value is -1.59. The number of nitrogens with one attached hydrogen (secondary N) is 1. The Kier molecular flexibility index (Phi) is 6.32. The molecule has 4 nitrogen and oxygen atoms in total. The molecule has 1 unspecified atom stereocenters. The molecule has 1 aromatic carbocycles. The molecule has 0 spiro atoms. The van der Waals surface area contributed by atoms with E-state index in [1.807, 2.05) is 24.4 Å². The van der Waals surface area contributed by atoms with E-state index in [1.165, 1.54) is 31.1 Å². The summed E-state index contributed by atoms with van der Waals surface area (Å²) >= 11 is 1.52. The number of benzene rings is 1. The van der Waals surface area contributed by atoms with Crippen molar-refractivity contribution in [2.45, 2.75) is 37.8 Å². The number of amides is 1. The van der Waals surface area contributed by atoms with Crippen LogP contribution in [-0.2, 0) is 4.79 Å². The van der Waals surface area contributed by atoms with Crippen LogP contribution in [0.2, 0.25) is 0 Å². The number of nitrogens with zero attached hydrogens (tertiary/aromatic N) is 2. The minimum Gasteiger partial charge on any atom is -0.355 e. The SMILES string of the molecule is CC(C)N1CCCC(CNC(=O)CSc2nccc3ccccc23)C1. The van der Waals surface area contributed by atoms with Gasteiger partial charge in [-0.2, -0.15) is 0 Å². The van der Waals surface area contributed by atoms with E-state index in [0.717, 1.165) is 28.9 Å². The Morgan fingerprint density at radius 1 is 1.36 bits per heavy atom. The normalized spacial score (nSPS) is 18.6. The molecule has 1 fully saturated rings. The molecular formula is C20H27N3OS. The van der Waals surface area contributed by atoms with Gasteiger partial charge in [0, 0.05) is 30.7 Å². The van der Waals surface area contributed by atoms with Crippen LogP contribution < -0.4 is 5.32 Å². The fourth-order valence-electron chi connectivity index (χ4n) is 3.38. The first-order chi connectivity index (χ1) is 12.1. The molecule has 0 aliphatic carbocycles. The minimum atomic E-state index is 0.0985. The van der Waals surface area contributed by atoms with Crippen LogP contribution in [0.25, 0.3) is 10.8 Å². The van der Waals surface area contributed by atoms with Crippen molar-refractivity contribution in [2.24, 2.45) is 5.92 Å². The van der Waals surface area contributed by atoms with Gasteiger partial charge in [-0.15, -0.1) is 0 Å². The average Bonchev–Trinajstić information content (AvgIpc) is 2.65. The molecule has 2 aromatic rings. The summed E-state index contributed by atoms with van der Waals surface area (Å²) < 4.78 is 0. The summed E-state index contributed by atoms with van der Waals surface area (Å²) in [5, 5.41) is 6.32.